The van der Waals surface area contributed by atoms with Gasteiger partial charge in [0.1, 0.15) is 0 Å². The van der Waals surface area contributed by atoms with Crippen LogP contribution in [0.3, 0.4) is 0 Å². The van der Waals surface area contributed by atoms with E-state index in [-0.39, 0.29) is 24.8 Å². The molecule has 0 radical (unpaired) electrons. The quantitative estimate of drug-likeness (QED) is 0.739. The van der Waals surface area contributed by atoms with Crippen LogP contribution in [0.25, 0.3) is 0 Å². The summed E-state index contributed by atoms with van der Waals surface area (Å²) in [6, 6.07) is 13.4. The van der Waals surface area contributed by atoms with E-state index in [0.29, 0.717) is 24.1 Å². The maximum atomic E-state index is 12.5. The lowest BCUT2D eigenvalue weighted by Gasteiger charge is -2.09. The lowest BCUT2D eigenvalue weighted by Crippen LogP contribution is -2.27. The van der Waals surface area contributed by atoms with Crippen molar-refractivity contribution in [2.45, 2.75) is 25.6 Å². The molecule has 0 atom stereocenters. The molecular weight excluding hydrogens is 345 g/mol. The standard InChI is InChI=1S/C19H19F3N2O2/c20-19(21,22)16-10-8-14(9-11-16)13-24-17(25)7-4-12-23-18(26)15-5-2-1-3-6-15/h1-3,5-6,8-11H,4,7,12-13H2,(H,23,26)(H,24,25). The normalized spacial score (nSPS) is 11.0. The van der Waals surface area contributed by atoms with Gasteiger partial charge in [0.25, 0.3) is 5.91 Å². The van der Waals surface area contributed by atoms with Gasteiger partial charge in [0.05, 0.1) is 5.56 Å². The van der Waals surface area contributed by atoms with Crippen molar-refractivity contribution in [1.29, 1.82) is 0 Å². The molecule has 0 aliphatic rings. The van der Waals surface area contributed by atoms with E-state index in [1.165, 1.54) is 12.1 Å². The fourth-order valence-corrected chi connectivity index (χ4v) is 2.24. The maximum absolute atomic E-state index is 12.5. The van der Waals surface area contributed by atoms with Crippen LogP contribution in [0, 0.1) is 0 Å². The highest BCUT2D eigenvalue weighted by molar-refractivity contribution is 5.94. The van der Waals surface area contributed by atoms with Gasteiger partial charge in [-0.05, 0) is 36.2 Å². The highest BCUT2D eigenvalue weighted by Gasteiger charge is 2.29. The highest BCUT2D eigenvalue weighted by atomic mass is 19.4. The molecule has 0 saturated carbocycles. The monoisotopic (exact) mass is 364 g/mol. The van der Waals surface area contributed by atoms with Crippen molar-refractivity contribution in [2.24, 2.45) is 0 Å². The Kier molecular flexibility index (Phi) is 6.77. The van der Waals surface area contributed by atoms with Crippen molar-refractivity contribution in [1.82, 2.24) is 10.6 Å². The second-order valence-corrected chi connectivity index (χ2v) is 5.70. The Balaban J connectivity index is 1.65. The van der Waals surface area contributed by atoms with Crippen LogP contribution in [-0.2, 0) is 17.5 Å². The second-order valence-electron chi connectivity index (χ2n) is 5.70. The fourth-order valence-electron chi connectivity index (χ4n) is 2.24. The van der Waals surface area contributed by atoms with E-state index < -0.39 is 11.7 Å². The molecule has 0 fully saturated rings. The van der Waals surface area contributed by atoms with E-state index >= 15 is 0 Å². The molecule has 4 nitrogen and oxygen atoms in total. The first kappa shape index (κ1) is 19.5. The third kappa shape index (κ3) is 6.23. The van der Waals surface area contributed by atoms with Crippen LogP contribution < -0.4 is 10.6 Å². The first-order valence-electron chi connectivity index (χ1n) is 8.12. The third-order valence-corrected chi connectivity index (χ3v) is 3.67. The summed E-state index contributed by atoms with van der Waals surface area (Å²) in [5.74, 6) is -0.422. The number of alkyl halides is 3. The van der Waals surface area contributed by atoms with E-state index in [4.69, 9.17) is 0 Å². The number of benzene rings is 2. The Hall–Kier alpha value is -2.83. The van der Waals surface area contributed by atoms with Crippen LogP contribution in [0.2, 0.25) is 0 Å². The van der Waals surface area contributed by atoms with E-state index in [1.54, 1.807) is 24.3 Å². The number of amides is 2. The van der Waals surface area contributed by atoms with Crippen LogP contribution in [0.4, 0.5) is 13.2 Å². The summed E-state index contributed by atoms with van der Waals surface area (Å²) >= 11 is 0. The van der Waals surface area contributed by atoms with Gasteiger partial charge in [-0.2, -0.15) is 13.2 Å². The van der Waals surface area contributed by atoms with Gasteiger partial charge in [0, 0.05) is 25.1 Å². The molecule has 2 aromatic carbocycles. The van der Waals surface area contributed by atoms with E-state index in [9.17, 15) is 22.8 Å². The average Bonchev–Trinajstić information content (AvgIpc) is 2.63. The first-order chi connectivity index (χ1) is 12.4. The second kappa shape index (κ2) is 9.03. The molecule has 0 spiro atoms. The summed E-state index contributed by atoms with van der Waals surface area (Å²) in [6.45, 7) is 0.523. The van der Waals surface area contributed by atoms with Crippen molar-refractivity contribution >= 4 is 11.8 Å². The smallest absolute Gasteiger partial charge is 0.352 e. The minimum Gasteiger partial charge on any atom is -0.352 e. The van der Waals surface area contributed by atoms with Gasteiger partial charge < -0.3 is 10.6 Å². The molecule has 2 amide bonds. The molecule has 2 aromatic rings. The van der Waals surface area contributed by atoms with Crippen molar-refractivity contribution < 1.29 is 22.8 Å². The number of carbonyl (C=O) groups excluding carboxylic acids is 2. The largest absolute Gasteiger partial charge is 0.416 e. The van der Waals surface area contributed by atoms with Crippen molar-refractivity contribution in [3.8, 4) is 0 Å². The average molecular weight is 364 g/mol. The number of halogens is 3. The predicted octanol–water partition coefficient (Wildman–Crippen LogP) is 3.53. The fraction of sp³-hybridized carbons (Fsp3) is 0.263. The summed E-state index contributed by atoms with van der Waals surface area (Å²) in [7, 11) is 0. The molecule has 0 saturated heterocycles. The topological polar surface area (TPSA) is 58.2 Å². The van der Waals surface area contributed by atoms with Gasteiger partial charge in [-0.3, -0.25) is 9.59 Å². The molecule has 7 heteroatoms. The number of hydrogen-bond acceptors (Lipinski definition) is 2. The molecule has 26 heavy (non-hydrogen) atoms. The summed E-state index contributed by atoms with van der Waals surface area (Å²) in [4.78, 5) is 23.6. The summed E-state index contributed by atoms with van der Waals surface area (Å²) in [5, 5.41) is 5.37. The first-order valence-corrected chi connectivity index (χ1v) is 8.12. The summed E-state index contributed by atoms with van der Waals surface area (Å²) < 4.78 is 37.4. The Morgan fingerprint density at radius 1 is 0.885 bits per heavy atom. The SMILES string of the molecule is O=C(CCCNC(=O)c1ccccc1)NCc1ccc(C(F)(F)F)cc1. The van der Waals surface area contributed by atoms with Crippen LogP contribution in [0.5, 0.6) is 0 Å². The van der Waals surface area contributed by atoms with E-state index in [2.05, 4.69) is 10.6 Å². The Bertz CT molecular complexity index is 729. The third-order valence-electron chi connectivity index (χ3n) is 3.67. The minimum atomic E-state index is -4.37. The van der Waals surface area contributed by atoms with Crippen molar-refractivity contribution in [3.63, 3.8) is 0 Å². The van der Waals surface area contributed by atoms with Gasteiger partial charge >= 0.3 is 6.18 Å². The number of hydrogen-bond donors (Lipinski definition) is 2. The molecule has 2 rings (SSSR count). The van der Waals surface area contributed by atoms with Crippen molar-refractivity contribution in [2.75, 3.05) is 6.54 Å². The molecule has 0 heterocycles. The zero-order valence-electron chi connectivity index (χ0n) is 14.0. The molecule has 0 aliphatic carbocycles. The highest BCUT2D eigenvalue weighted by Crippen LogP contribution is 2.29. The Morgan fingerprint density at radius 2 is 1.54 bits per heavy atom. The van der Waals surface area contributed by atoms with Crippen LogP contribution >= 0.6 is 0 Å². The molecule has 0 bridgehead atoms. The molecule has 138 valence electrons. The zero-order chi connectivity index (χ0) is 19.0. The predicted molar refractivity (Wildman–Crippen MR) is 91.3 cm³/mol. The van der Waals surface area contributed by atoms with Gasteiger partial charge in [-0.25, -0.2) is 0 Å². The zero-order valence-corrected chi connectivity index (χ0v) is 14.0. The summed E-state index contributed by atoms with van der Waals surface area (Å²) in [6.07, 6.45) is -3.68. The molecule has 0 unspecified atom stereocenters. The maximum Gasteiger partial charge on any atom is 0.416 e. The lowest BCUT2D eigenvalue weighted by atomic mass is 10.1. The van der Waals surface area contributed by atoms with Crippen LogP contribution in [0.1, 0.15) is 34.3 Å². The molecule has 2 N–H and O–H groups in total. The Labute approximate surface area is 149 Å². The van der Waals surface area contributed by atoms with Gasteiger partial charge in [-0.1, -0.05) is 30.3 Å². The van der Waals surface area contributed by atoms with Gasteiger partial charge in [-0.15, -0.1) is 0 Å². The molecule has 0 aliphatic heterocycles. The number of rotatable bonds is 7. The van der Waals surface area contributed by atoms with E-state index in [0.717, 1.165) is 12.1 Å². The number of nitrogens with one attached hydrogen (secondary N) is 2. The minimum absolute atomic E-state index is 0.160. The Morgan fingerprint density at radius 3 is 2.15 bits per heavy atom. The lowest BCUT2D eigenvalue weighted by molar-refractivity contribution is -0.137. The van der Waals surface area contributed by atoms with Crippen LogP contribution in [0.15, 0.2) is 54.6 Å². The molecular formula is C19H19F3N2O2. The number of carbonyl (C=O) groups is 2. The van der Waals surface area contributed by atoms with E-state index in [1.807, 2.05) is 6.07 Å². The van der Waals surface area contributed by atoms with Gasteiger partial charge in [0.2, 0.25) is 5.91 Å². The van der Waals surface area contributed by atoms with Gasteiger partial charge in [0.15, 0.2) is 0 Å². The van der Waals surface area contributed by atoms with Crippen LogP contribution in [-0.4, -0.2) is 18.4 Å². The molecule has 0 aromatic heterocycles. The summed E-state index contributed by atoms with van der Waals surface area (Å²) in [5.41, 5.74) is 0.421. The van der Waals surface area contributed by atoms with Crippen molar-refractivity contribution in [3.05, 3.63) is 71.3 Å².